The van der Waals surface area contributed by atoms with Gasteiger partial charge in [0.15, 0.2) is 11.6 Å². The van der Waals surface area contributed by atoms with E-state index in [2.05, 4.69) is 30.0 Å². The number of anilines is 3. The molecule has 212 valence electrons. The summed E-state index contributed by atoms with van der Waals surface area (Å²) in [4.78, 5) is 16.8. The molecule has 6 aromatic rings. The number of hydrogen-bond acceptors (Lipinski definition) is 7. The summed E-state index contributed by atoms with van der Waals surface area (Å²) < 4.78 is 60.1. The van der Waals surface area contributed by atoms with Gasteiger partial charge in [0.2, 0.25) is 0 Å². The van der Waals surface area contributed by atoms with E-state index in [1.807, 2.05) is 0 Å². The second-order valence-corrected chi connectivity index (χ2v) is 12.0. The van der Waals surface area contributed by atoms with E-state index >= 15 is 4.39 Å². The van der Waals surface area contributed by atoms with Gasteiger partial charge in [-0.25, -0.2) is 37.1 Å². The van der Waals surface area contributed by atoms with Gasteiger partial charge in [-0.15, -0.1) is 0 Å². The smallest absolute Gasteiger partial charge is 0.263 e. The van der Waals surface area contributed by atoms with Crippen molar-refractivity contribution in [3.05, 3.63) is 99.0 Å². The molecule has 3 aromatic carbocycles. The van der Waals surface area contributed by atoms with E-state index in [0.717, 1.165) is 12.1 Å². The van der Waals surface area contributed by atoms with Crippen molar-refractivity contribution < 1.29 is 17.2 Å². The average Bonchev–Trinajstić information content (AvgIpc) is 3.38. The molecule has 0 atom stereocenters. The van der Waals surface area contributed by atoms with Crippen molar-refractivity contribution in [1.29, 1.82) is 0 Å². The lowest BCUT2D eigenvalue weighted by Gasteiger charge is -2.15. The van der Waals surface area contributed by atoms with Gasteiger partial charge in [0, 0.05) is 5.02 Å². The van der Waals surface area contributed by atoms with E-state index in [9.17, 15) is 12.8 Å². The summed E-state index contributed by atoms with van der Waals surface area (Å²) in [5.74, 6) is -1.96. The number of pyridine rings is 1. The van der Waals surface area contributed by atoms with Crippen LogP contribution in [0.15, 0.2) is 72.1 Å². The Morgan fingerprint density at radius 1 is 0.857 bits per heavy atom. The Kier molecular flexibility index (Phi) is 7.27. The molecule has 3 aromatic heterocycles. The minimum Gasteiger partial charge on any atom is -0.333 e. The first kappa shape index (κ1) is 28.3. The number of rotatable bonds is 6. The van der Waals surface area contributed by atoms with Crippen molar-refractivity contribution in [2.75, 3.05) is 10.0 Å². The van der Waals surface area contributed by atoms with Crippen LogP contribution in [0.5, 0.6) is 0 Å². The lowest BCUT2D eigenvalue weighted by Crippen LogP contribution is -2.15. The van der Waals surface area contributed by atoms with Gasteiger partial charge in [-0.05, 0) is 48.5 Å². The highest BCUT2D eigenvalue weighted by atomic mass is 35.5. The van der Waals surface area contributed by atoms with Crippen LogP contribution in [0.3, 0.4) is 0 Å². The number of aromatic nitrogens is 5. The number of nitrogens with one attached hydrogen (secondary N) is 2. The number of benzene rings is 3. The van der Waals surface area contributed by atoms with Crippen molar-refractivity contribution in [2.24, 2.45) is 0 Å². The van der Waals surface area contributed by atoms with E-state index < -0.39 is 33.0 Å². The Morgan fingerprint density at radius 3 is 2.48 bits per heavy atom. The molecule has 0 radical (unpaired) electrons. The number of sulfonamides is 1. The highest BCUT2D eigenvalue weighted by Crippen LogP contribution is 2.34. The molecule has 2 N–H and O–H groups in total. The molecule has 16 heteroatoms. The lowest BCUT2D eigenvalue weighted by atomic mass is 10.2. The number of hydrogen-bond donors (Lipinski definition) is 2. The highest BCUT2D eigenvalue weighted by molar-refractivity contribution is 7.92. The molecular formula is C26H13Cl4F2N7O2S. The number of nitrogens with zero attached hydrogens (tertiary/aromatic N) is 5. The normalized spacial score (nSPS) is 11.8. The first-order chi connectivity index (χ1) is 20.0. The van der Waals surface area contributed by atoms with E-state index in [1.54, 1.807) is 28.8 Å². The first-order valence-electron chi connectivity index (χ1n) is 11.7. The minimum atomic E-state index is -4.40. The molecule has 9 nitrogen and oxygen atoms in total. The van der Waals surface area contributed by atoms with Crippen LogP contribution in [0.4, 0.5) is 26.0 Å². The molecule has 0 spiro atoms. The fourth-order valence-electron chi connectivity index (χ4n) is 4.14. The van der Waals surface area contributed by atoms with Crippen LogP contribution in [-0.2, 0) is 10.0 Å². The van der Waals surface area contributed by atoms with Gasteiger partial charge in [0.25, 0.3) is 10.0 Å². The SMILES string of the molecule is O=S(=O)(Nc1ccc(F)c(Nc2ncnc3ccc(-n4cnc5c(Cl)cc(Cl)cc54)nc23)c1F)c1cccc(Cl)c1Cl. The maximum Gasteiger partial charge on any atom is 0.263 e. The third kappa shape index (κ3) is 5.05. The summed E-state index contributed by atoms with van der Waals surface area (Å²) in [6.45, 7) is 0. The molecule has 0 fully saturated rings. The predicted octanol–water partition coefficient (Wildman–Crippen LogP) is 7.80. The van der Waals surface area contributed by atoms with Gasteiger partial charge in [0.1, 0.15) is 45.9 Å². The number of halogens is 6. The first-order valence-corrected chi connectivity index (χ1v) is 14.7. The summed E-state index contributed by atoms with van der Waals surface area (Å²) in [6.07, 6.45) is 2.68. The van der Waals surface area contributed by atoms with E-state index in [1.165, 1.54) is 30.9 Å². The molecular weight excluding hydrogens is 654 g/mol. The predicted molar refractivity (Wildman–Crippen MR) is 159 cm³/mol. The Morgan fingerprint density at radius 2 is 1.67 bits per heavy atom. The molecule has 0 unspecified atom stereocenters. The Bertz CT molecular complexity index is 2160. The molecule has 0 aliphatic rings. The van der Waals surface area contributed by atoms with Gasteiger partial charge in [-0.3, -0.25) is 9.29 Å². The van der Waals surface area contributed by atoms with Gasteiger partial charge in [-0.1, -0.05) is 52.5 Å². The molecule has 0 aliphatic heterocycles. The molecule has 0 saturated carbocycles. The summed E-state index contributed by atoms with van der Waals surface area (Å²) in [5.41, 5.74) is 0.327. The van der Waals surface area contributed by atoms with Gasteiger partial charge >= 0.3 is 0 Å². The standard InChI is InChI=1S/C26H13Cl4F2N7O2S/c27-12-8-14(29)23-18(9-12)39(11-35-23)20-7-6-17-25(36-20)26(34-10-33-17)37-24-15(31)4-5-16(22(24)32)38-42(40,41)19-3-1-2-13(28)21(19)30/h1-11,38H,(H,33,34,37). The monoisotopic (exact) mass is 665 g/mol. The van der Waals surface area contributed by atoms with E-state index in [0.29, 0.717) is 32.4 Å². The summed E-state index contributed by atoms with van der Waals surface area (Å²) in [5, 5.41) is 3.06. The zero-order valence-corrected chi connectivity index (χ0v) is 24.4. The largest absolute Gasteiger partial charge is 0.333 e. The lowest BCUT2D eigenvalue weighted by molar-refractivity contribution is 0.588. The van der Waals surface area contributed by atoms with Gasteiger partial charge < -0.3 is 5.32 Å². The van der Waals surface area contributed by atoms with Crippen LogP contribution in [-0.4, -0.2) is 32.9 Å². The van der Waals surface area contributed by atoms with Crippen molar-refractivity contribution in [3.63, 3.8) is 0 Å². The van der Waals surface area contributed by atoms with Gasteiger partial charge in [0.05, 0.1) is 31.8 Å². The zero-order chi connectivity index (χ0) is 29.8. The Labute approximate surface area is 256 Å². The Hall–Kier alpha value is -3.81. The average molecular weight is 667 g/mol. The van der Waals surface area contributed by atoms with Crippen molar-refractivity contribution in [2.45, 2.75) is 4.90 Å². The van der Waals surface area contributed by atoms with Crippen LogP contribution in [0.25, 0.3) is 27.9 Å². The summed E-state index contributed by atoms with van der Waals surface area (Å²) in [6, 6.07) is 12.3. The second kappa shape index (κ2) is 10.8. The summed E-state index contributed by atoms with van der Waals surface area (Å²) >= 11 is 24.4. The van der Waals surface area contributed by atoms with E-state index in [-0.39, 0.29) is 26.3 Å². The topological polar surface area (TPSA) is 115 Å². The number of imidazole rings is 1. The van der Waals surface area contributed by atoms with Crippen molar-refractivity contribution in [3.8, 4) is 5.82 Å². The van der Waals surface area contributed by atoms with Crippen LogP contribution in [0.2, 0.25) is 20.1 Å². The maximum absolute atomic E-state index is 15.6. The molecule has 42 heavy (non-hydrogen) atoms. The maximum atomic E-state index is 15.6. The van der Waals surface area contributed by atoms with E-state index in [4.69, 9.17) is 46.4 Å². The molecule has 0 aliphatic carbocycles. The van der Waals surface area contributed by atoms with Crippen molar-refractivity contribution in [1.82, 2.24) is 24.5 Å². The molecule has 0 bridgehead atoms. The second-order valence-electron chi connectivity index (χ2n) is 8.70. The summed E-state index contributed by atoms with van der Waals surface area (Å²) in [7, 11) is -4.40. The number of fused-ring (bicyclic) bond motifs is 2. The van der Waals surface area contributed by atoms with Crippen molar-refractivity contribution >= 4 is 95.7 Å². The van der Waals surface area contributed by atoms with Crippen LogP contribution in [0, 0.1) is 11.6 Å². The Balaban J connectivity index is 1.40. The van der Waals surface area contributed by atoms with Gasteiger partial charge in [-0.2, -0.15) is 0 Å². The minimum absolute atomic E-state index is 0.0149. The zero-order valence-electron chi connectivity index (χ0n) is 20.6. The highest BCUT2D eigenvalue weighted by Gasteiger charge is 2.24. The van der Waals surface area contributed by atoms with Crippen LogP contribution in [0.1, 0.15) is 0 Å². The van der Waals surface area contributed by atoms with Crippen LogP contribution < -0.4 is 10.0 Å². The fraction of sp³-hybridized carbons (Fsp3) is 0. The third-order valence-corrected chi connectivity index (χ3v) is 8.91. The molecule has 0 amide bonds. The van der Waals surface area contributed by atoms with Crippen LogP contribution >= 0.6 is 46.4 Å². The molecule has 3 heterocycles. The molecule has 0 saturated heterocycles. The fourth-order valence-corrected chi connectivity index (χ4v) is 6.49. The quantitative estimate of drug-likeness (QED) is 0.186. The molecule has 6 rings (SSSR count). The third-order valence-electron chi connectivity index (χ3n) is 6.07.